The minimum absolute atomic E-state index is 0.00821. The largest absolute Gasteiger partial charge is 0.497 e. The van der Waals surface area contributed by atoms with Gasteiger partial charge in [0.05, 0.1) is 69.0 Å². The van der Waals surface area contributed by atoms with Gasteiger partial charge in [-0.3, -0.25) is 33.8 Å². The van der Waals surface area contributed by atoms with Crippen molar-refractivity contribution in [1.29, 1.82) is 0 Å². The van der Waals surface area contributed by atoms with Crippen LogP contribution >= 0.6 is 0 Å². The van der Waals surface area contributed by atoms with Gasteiger partial charge in [-0.1, -0.05) is 38.6 Å². The Morgan fingerprint density at radius 1 is 0.865 bits per heavy atom. The number of carbonyl (C=O) groups excluding carboxylic acids is 6. The zero-order valence-electron chi connectivity index (χ0n) is 43.5. The van der Waals surface area contributed by atoms with Crippen molar-refractivity contribution in [3.63, 3.8) is 0 Å². The SMILES string of the molecule is C=CCCCC(NC(=O)[C@H](C)NC(=O)[C@@H](NN1C(=O)CC(CNC)C1=O)C(C)C)N(C)c1cc(OCCCOc2cc3c(cc2OC)C(=O)N2C=C(c4ccc(OC)cc4)CC2C=N3)c(OC)cc1C(=O)NC=C. The number of rotatable bonds is 27. The fourth-order valence-corrected chi connectivity index (χ4v) is 8.80. The maximum absolute atomic E-state index is 14.0. The van der Waals surface area contributed by atoms with Crippen LogP contribution in [0.25, 0.3) is 5.57 Å². The molecule has 0 bridgehead atoms. The van der Waals surface area contributed by atoms with Crippen LogP contribution in [0.5, 0.6) is 28.7 Å². The highest BCUT2D eigenvalue weighted by molar-refractivity contribution is 6.06. The molecule has 5 atom stereocenters. The first-order chi connectivity index (χ1) is 35.6. The van der Waals surface area contributed by atoms with E-state index in [-0.39, 0.29) is 48.8 Å². The maximum atomic E-state index is 14.0. The Balaban J connectivity index is 1.13. The predicted octanol–water partition coefficient (Wildman–Crippen LogP) is 5.27. The molecule has 3 aromatic rings. The molecule has 3 unspecified atom stereocenters. The van der Waals surface area contributed by atoms with Crippen LogP contribution in [-0.4, -0.2) is 131 Å². The number of allylic oxidation sites excluding steroid dienone is 1. The van der Waals surface area contributed by atoms with Gasteiger partial charge in [-0.25, -0.2) is 10.4 Å². The zero-order valence-corrected chi connectivity index (χ0v) is 43.5. The number of fused-ring (bicyclic) bond motifs is 2. The van der Waals surface area contributed by atoms with Gasteiger partial charge in [-0.15, -0.1) is 6.58 Å². The molecule has 0 spiro atoms. The summed E-state index contributed by atoms with van der Waals surface area (Å²) in [5.74, 6) is -1.52. The molecule has 1 fully saturated rings. The van der Waals surface area contributed by atoms with Crippen LogP contribution in [0.3, 0.4) is 0 Å². The third-order valence-corrected chi connectivity index (χ3v) is 12.9. The monoisotopic (exact) mass is 1020 g/mol. The quantitative estimate of drug-likeness (QED) is 0.0284. The lowest BCUT2D eigenvalue weighted by Gasteiger charge is -2.34. The Hall–Kier alpha value is -7.71. The van der Waals surface area contributed by atoms with Crippen molar-refractivity contribution in [2.45, 2.75) is 83.6 Å². The molecule has 0 aromatic heterocycles. The number of imide groups is 1. The van der Waals surface area contributed by atoms with E-state index in [2.05, 4.69) is 39.9 Å². The summed E-state index contributed by atoms with van der Waals surface area (Å²) in [7, 11) is 7.99. The lowest BCUT2D eigenvalue weighted by atomic mass is 10.0. The molecular formula is C54H69N9O11. The van der Waals surface area contributed by atoms with Crippen molar-refractivity contribution in [2.24, 2.45) is 16.8 Å². The van der Waals surface area contributed by atoms with Crippen LogP contribution in [-0.2, 0) is 19.2 Å². The topological polar surface area (TPSA) is 231 Å². The van der Waals surface area contributed by atoms with Crippen LogP contribution in [0.4, 0.5) is 11.4 Å². The average Bonchev–Trinajstić information content (AvgIpc) is 3.90. The van der Waals surface area contributed by atoms with Gasteiger partial charge in [0.2, 0.25) is 23.6 Å². The number of nitrogens with zero attached hydrogens (tertiary/aromatic N) is 4. The first-order valence-electron chi connectivity index (χ1n) is 24.6. The molecule has 3 heterocycles. The second-order valence-corrected chi connectivity index (χ2v) is 18.4. The van der Waals surface area contributed by atoms with Crippen molar-refractivity contribution in [1.82, 2.24) is 36.6 Å². The molecule has 20 nitrogen and oxygen atoms in total. The summed E-state index contributed by atoms with van der Waals surface area (Å²) in [6.07, 6.45) is 8.61. The third kappa shape index (κ3) is 13.1. The van der Waals surface area contributed by atoms with Crippen LogP contribution < -0.4 is 55.3 Å². The number of nitrogens with one attached hydrogen (secondary N) is 5. The van der Waals surface area contributed by atoms with E-state index >= 15 is 0 Å². The zero-order chi connectivity index (χ0) is 53.6. The van der Waals surface area contributed by atoms with Crippen molar-refractivity contribution in [2.75, 3.05) is 60.1 Å². The molecule has 3 aromatic carbocycles. The van der Waals surface area contributed by atoms with Crippen LogP contribution in [0.2, 0.25) is 0 Å². The van der Waals surface area contributed by atoms with E-state index in [0.717, 1.165) is 21.9 Å². The molecule has 3 aliphatic rings. The van der Waals surface area contributed by atoms with E-state index in [4.69, 9.17) is 28.7 Å². The number of hydrazine groups is 1. The number of ether oxygens (including phenoxy) is 5. The normalized spacial score (nSPS) is 17.0. The van der Waals surface area contributed by atoms with Gasteiger partial charge in [0.1, 0.15) is 24.0 Å². The second-order valence-electron chi connectivity index (χ2n) is 18.4. The lowest BCUT2D eigenvalue weighted by Crippen LogP contribution is -2.59. The van der Waals surface area contributed by atoms with Gasteiger partial charge in [0.25, 0.3) is 11.8 Å². The van der Waals surface area contributed by atoms with Crippen molar-refractivity contribution < 1.29 is 52.5 Å². The number of amides is 6. The summed E-state index contributed by atoms with van der Waals surface area (Å²) < 4.78 is 29.2. The molecule has 0 aliphatic carbocycles. The van der Waals surface area contributed by atoms with E-state index in [1.165, 1.54) is 27.3 Å². The fraction of sp³-hybridized carbons (Fsp3) is 0.426. The predicted molar refractivity (Wildman–Crippen MR) is 281 cm³/mol. The van der Waals surface area contributed by atoms with E-state index in [1.54, 1.807) is 81.4 Å². The Morgan fingerprint density at radius 2 is 1.55 bits per heavy atom. The molecule has 396 valence electrons. The minimum atomic E-state index is -1.06. The highest BCUT2D eigenvalue weighted by atomic mass is 16.5. The van der Waals surface area contributed by atoms with E-state index in [0.29, 0.717) is 72.8 Å². The average molecular weight is 1020 g/mol. The molecule has 6 amide bonds. The Morgan fingerprint density at radius 3 is 2.19 bits per heavy atom. The molecular weight excluding hydrogens is 951 g/mol. The van der Waals surface area contributed by atoms with Crippen molar-refractivity contribution in [3.05, 3.63) is 96.9 Å². The number of methoxy groups -OCH3 is 3. The Bertz CT molecular complexity index is 2640. The molecule has 3 aliphatic heterocycles. The minimum Gasteiger partial charge on any atom is -0.497 e. The van der Waals surface area contributed by atoms with Crippen molar-refractivity contribution >= 4 is 58.6 Å². The maximum Gasteiger partial charge on any atom is 0.260 e. The van der Waals surface area contributed by atoms with E-state index in [1.807, 2.05) is 30.5 Å². The van der Waals surface area contributed by atoms with Gasteiger partial charge >= 0.3 is 0 Å². The highest BCUT2D eigenvalue weighted by Crippen LogP contribution is 2.41. The van der Waals surface area contributed by atoms with Crippen LogP contribution in [0.1, 0.15) is 85.6 Å². The van der Waals surface area contributed by atoms with Crippen LogP contribution in [0, 0.1) is 11.8 Å². The van der Waals surface area contributed by atoms with Gasteiger partial charge in [-0.05, 0) is 80.8 Å². The van der Waals surface area contributed by atoms with Gasteiger partial charge in [-0.2, -0.15) is 0 Å². The number of anilines is 1. The van der Waals surface area contributed by atoms with Gasteiger partial charge in [0.15, 0.2) is 23.0 Å². The summed E-state index contributed by atoms with van der Waals surface area (Å²) in [5, 5.41) is 12.2. The van der Waals surface area contributed by atoms with Crippen molar-refractivity contribution in [3.8, 4) is 28.7 Å². The number of carbonyl (C=O) groups is 6. The molecule has 20 heteroatoms. The summed E-state index contributed by atoms with van der Waals surface area (Å²) >= 11 is 0. The smallest absolute Gasteiger partial charge is 0.260 e. The Kier molecular flexibility index (Phi) is 19.4. The molecule has 74 heavy (non-hydrogen) atoms. The van der Waals surface area contributed by atoms with E-state index in [9.17, 15) is 28.8 Å². The third-order valence-electron chi connectivity index (χ3n) is 12.9. The number of hydrogen-bond donors (Lipinski definition) is 5. The highest BCUT2D eigenvalue weighted by Gasteiger charge is 2.41. The van der Waals surface area contributed by atoms with Gasteiger partial charge in [0, 0.05) is 57.4 Å². The molecule has 6 rings (SSSR count). The molecule has 1 saturated heterocycles. The molecule has 0 radical (unpaired) electrons. The summed E-state index contributed by atoms with van der Waals surface area (Å²) in [6.45, 7) is 13.2. The standard InChI is InChI=1S/C54H69N9O11/c1-11-13-14-16-47(59-50(65)33(5)58-52(67)49(32(3)4)60-63-48(64)24-35(29-55-6)53(63)68)61(7)42-28-46(44(72-10)26-40(42)51(66)56-12-2)74-22-15-21-73-45-27-41-39(25-43(45)71-9)54(69)62-31-36(23-37(62)30-57-41)34-17-19-38(70-8)20-18-34/h11-12,17-20,25-28,30-33,35,37,47,49,55,60H,1-2,13-16,21-24,29H2,3-10H3,(H,56,66)(H,58,67)(H,59,65)/t33-,35?,37?,47?,49-/m0/s1. The number of aliphatic imine (C=N–C) groups is 1. The Labute approximate surface area is 432 Å². The molecule has 5 N–H and O–H groups in total. The summed E-state index contributed by atoms with van der Waals surface area (Å²) in [4.78, 5) is 89.0. The van der Waals surface area contributed by atoms with E-state index < -0.39 is 53.7 Å². The summed E-state index contributed by atoms with van der Waals surface area (Å²) in [5.41, 5.74) is 6.23. The number of hydrogen-bond acceptors (Lipinski definition) is 15. The van der Waals surface area contributed by atoms with Gasteiger partial charge < -0.3 is 54.8 Å². The van der Waals surface area contributed by atoms with Crippen LogP contribution in [0.15, 0.2) is 85.2 Å². The fourth-order valence-electron chi connectivity index (χ4n) is 8.80. The molecule has 0 saturated carbocycles. The number of unbranched alkanes of at least 4 members (excludes halogenated alkanes) is 1. The first kappa shape index (κ1) is 55.6. The first-order valence-corrected chi connectivity index (χ1v) is 24.6. The second kappa shape index (κ2) is 25.8. The lowest BCUT2D eigenvalue weighted by molar-refractivity contribution is -0.146. The summed E-state index contributed by atoms with van der Waals surface area (Å²) in [6, 6.07) is 11.9. The number of benzene rings is 3.